The van der Waals surface area contributed by atoms with E-state index in [-0.39, 0.29) is 5.92 Å². The lowest BCUT2D eigenvalue weighted by molar-refractivity contribution is 0.793. The normalized spacial score (nSPS) is 12.9. The van der Waals surface area contributed by atoms with Gasteiger partial charge in [0.05, 0.1) is 0 Å². The summed E-state index contributed by atoms with van der Waals surface area (Å²) in [7, 11) is 1.94. The molecule has 0 aliphatic heterocycles. The second-order valence-corrected chi connectivity index (χ2v) is 8.09. The molecule has 1 atom stereocenters. The van der Waals surface area contributed by atoms with Gasteiger partial charge in [0.1, 0.15) is 11.8 Å². The zero-order valence-corrected chi connectivity index (χ0v) is 18.9. The predicted octanol–water partition coefficient (Wildman–Crippen LogP) is 7.26. The van der Waals surface area contributed by atoms with Crippen LogP contribution < -0.4 is 4.90 Å². The van der Waals surface area contributed by atoms with E-state index in [1.165, 1.54) is 16.7 Å². The number of benzene rings is 3. The molecule has 150 valence electrons. The van der Waals surface area contributed by atoms with Crippen molar-refractivity contribution >= 4 is 27.2 Å². The van der Waals surface area contributed by atoms with Gasteiger partial charge in [-0.25, -0.2) is 0 Å². The minimum absolute atomic E-state index is 0.0738. The predicted molar refractivity (Wildman–Crippen MR) is 130 cm³/mol. The summed E-state index contributed by atoms with van der Waals surface area (Å²) in [5, 5.41) is 9.89. The van der Waals surface area contributed by atoms with E-state index in [0.29, 0.717) is 5.70 Å². The molecule has 0 spiro atoms. The lowest BCUT2D eigenvalue weighted by atomic mass is 9.94. The van der Waals surface area contributed by atoms with Crippen LogP contribution in [0.4, 0.5) is 5.69 Å². The highest BCUT2D eigenvalue weighted by atomic mass is 79.9. The minimum atomic E-state index is 0.0738. The molecule has 0 saturated heterocycles. The summed E-state index contributed by atoms with van der Waals surface area (Å²) < 4.78 is 1.09. The summed E-state index contributed by atoms with van der Waals surface area (Å²) in [5.74, 6) is 0.0738. The number of allylic oxidation sites excluding steroid dienone is 4. The van der Waals surface area contributed by atoms with Crippen LogP contribution >= 0.6 is 15.9 Å². The smallest absolute Gasteiger partial charge is 0.117 e. The Bertz CT molecular complexity index is 1060. The van der Waals surface area contributed by atoms with Crippen molar-refractivity contribution < 1.29 is 0 Å². The largest absolute Gasteiger partial charge is 0.336 e. The number of hydrogen-bond acceptors (Lipinski definition) is 2. The first-order valence-corrected chi connectivity index (χ1v) is 10.8. The van der Waals surface area contributed by atoms with Crippen LogP contribution in [0.15, 0.2) is 107 Å². The van der Waals surface area contributed by atoms with Gasteiger partial charge in [-0.2, -0.15) is 5.26 Å². The van der Waals surface area contributed by atoms with E-state index < -0.39 is 0 Å². The summed E-state index contributed by atoms with van der Waals surface area (Å²) in [6.45, 7) is 2.13. The molecule has 0 amide bonds. The molecule has 0 aliphatic rings. The summed E-state index contributed by atoms with van der Waals surface area (Å²) in [4.78, 5) is 1.94. The molecular formula is C27H25BrN2. The Kier molecular flexibility index (Phi) is 7.65. The van der Waals surface area contributed by atoms with Gasteiger partial charge < -0.3 is 4.90 Å². The summed E-state index contributed by atoms with van der Waals surface area (Å²) in [6, 6.07) is 31.0. The SMILES string of the molecule is C/C(=C\C(/C=C(/C#N)N(C)c1ccccc1)Cc1ccccc1Br)c1ccccc1. The van der Waals surface area contributed by atoms with E-state index >= 15 is 0 Å². The Hall–Kier alpha value is -3.09. The Morgan fingerprint density at radius 1 is 0.933 bits per heavy atom. The van der Waals surface area contributed by atoms with Crippen molar-refractivity contribution in [2.24, 2.45) is 5.92 Å². The van der Waals surface area contributed by atoms with E-state index in [9.17, 15) is 5.26 Å². The number of hydrogen-bond donors (Lipinski definition) is 0. The number of halogens is 1. The van der Waals surface area contributed by atoms with Gasteiger partial charge in [-0.05, 0) is 54.3 Å². The highest BCUT2D eigenvalue weighted by Crippen LogP contribution is 2.26. The van der Waals surface area contributed by atoms with Crippen LogP contribution in [-0.4, -0.2) is 7.05 Å². The fourth-order valence-electron chi connectivity index (χ4n) is 3.42. The molecular weight excluding hydrogens is 432 g/mol. The van der Waals surface area contributed by atoms with E-state index in [4.69, 9.17) is 0 Å². The van der Waals surface area contributed by atoms with Crippen LogP contribution in [0.3, 0.4) is 0 Å². The van der Waals surface area contributed by atoms with Gasteiger partial charge >= 0.3 is 0 Å². The molecule has 0 saturated carbocycles. The Balaban J connectivity index is 1.98. The van der Waals surface area contributed by atoms with Gasteiger partial charge in [-0.3, -0.25) is 0 Å². The van der Waals surface area contributed by atoms with Crippen LogP contribution in [-0.2, 0) is 6.42 Å². The molecule has 30 heavy (non-hydrogen) atoms. The van der Waals surface area contributed by atoms with Crippen LogP contribution in [0, 0.1) is 17.2 Å². The molecule has 3 rings (SSSR count). The summed E-state index contributed by atoms with van der Waals surface area (Å²) in [6.07, 6.45) is 5.13. The van der Waals surface area contributed by atoms with Crippen molar-refractivity contribution in [1.29, 1.82) is 5.26 Å². The van der Waals surface area contributed by atoms with Gasteiger partial charge in [-0.15, -0.1) is 0 Å². The Morgan fingerprint density at radius 3 is 2.17 bits per heavy atom. The zero-order valence-electron chi connectivity index (χ0n) is 17.3. The molecule has 3 aromatic carbocycles. The Morgan fingerprint density at radius 2 is 1.53 bits per heavy atom. The molecule has 0 radical (unpaired) electrons. The van der Waals surface area contributed by atoms with E-state index in [2.05, 4.69) is 83.5 Å². The lowest BCUT2D eigenvalue weighted by Crippen LogP contribution is -2.16. The monoisotopic (exact) mass is 456 g/mol. The van der Waals surface area contributed by atoms with Crippen molar-refractivity contribution in [2.45, 2.75) is 13.3 Å². The summed E-state index contributed by atoms with van der Waals surface area (Å²) >= 11 is 3.67. The maximum absolute atomic E-state index is 9.89. The average Bonchev–Trinajstić information content (AvgIpc) is 2.79. The van der Waals surface area contributed by atoms with Gasteiger partial charge in [-0.1, -0.05) is 88.7 Å². The van der Waals surface area contributed by atoms with Gasteiger partial charge in [0.15, 0.2) is 0 Å². The molecule has 0 bridgehead atoms. The molecule has 0 aromatic heterocycles. The number of para-hydroxylation sites is 1. The fraction of sp³-hybridized carbons (Fsp3) is 0.148. The van der Waals surface area contributed by atoms with Crippen molar-refractivity contribution in [1.82, 2.24) is 0 Å². The number of nitrogens with zero attached hydrogens (tertiary/aromatic N) is 2. The average molecular weight is 457 g/mol. The second kappa shape index (κ2) is 10.6. The highest BCUT2D eigenvalue weighted by Gasteiger charge is 2.13. The molecule has 1 unspecified atom stereocenters. The zero-order chi connectivity index (χ0) is 21.3. The first kappa shape index (κ1) is 21.6. The van der Waals surface area contributed by atoms with Gasteiger partial charge in [0.2, 0.25) is 0 Å². The first-order chi connectivity index (χ1) is 14.6. The molecule has 0 aliphatic carbocycles. The summed E-state index contributed by atoms with van der Waals surface area (Å²) in [5.41, 5.74) is 5.24. The van der Waals surface area contributed by atoms with Crippen molar-refractivity contribution in [3.05, 3.63) is 118 Å². The van der Waals surface area contributed by atoms with Crippen LogP contribution in [0.5, 0.6) is 0 Å². The maximum Gasteiger partial charge on any atom is 0.117 e. The third-order valence-corrected chi connectivity index (χ3v) is 5.87. The molecule has 3 heteroatoms. The third-order valence-electron chi connectivity index (χ3n) is 5.10. The van der Waals surface area contributed by atoms with Crippen molar-refractivity contribution in [3.8, 4) is 6.07 Å². The molecule has 0 heterocycles. The van der Waals surface area contributed by atoms with Crippen molar-refractivity contribution in [3.63, 3.8) is 0 Å². The lowest BCUT2D eigenvalue weighted by Gasteiger charge is -2.20. The standard InChI is InChI=1S/C27H25BrN2/c1-21(23-11-5-3-6-12-23)17-22(18-24-13-9-10-16-27(24)28)19-26(20-29)30(2)25-14-7-4-8-15-25/h3-17,19,22H,18H2,1-2H3/b21-17+,26-19-. The highest BCUT2D eigenvalue weighted by molar-refractivity contribution is 9.10. The van der Waals surface area contributed by atoms with Crippen LogP contribution in [0.25, 0.3) is 5.57 Å². The fourth-order valence-corrected chi connectivity index (χ4v) is 3.87. The number of rotatable bonds is 7. The Labute approximate surface area is 187 Å². The topological polar surface area (TPSA) is 27.0 Å². The molecule has 2 nitrogen and oxygen atoms in total. The molecule has 0 N–H and O–H groups in total. The number of nitriles is 1. The molecule has 0 fully saturated rings. The van der Waals surface area contributed by atoms with E-state index in [1.54, 1.807) is 0 Å². The first-order valence-electron chi connectivity index (χ1n) is 9.96. The second-order valence-electron chi connectivity index (χ2n) is 7.23. The molecule has 3 aromatic rings. The maximum atomic E-state index is 9.89. The number of anilines is 1. The van der Waals surface area contributed by atoms with Crippen LogP contribution in [0.2, 0.25) is 0 Å². The van der Waals surface area contributed by atoms with E-state index in [0.717, 1.165) is 16.6 Å². The minimum Gasteiger partial charge on any atom is -0.336 e. The van der Waals surface area contributed by atoms with Crippen molar-refractivity contribution in [2.75, 3.05) is 11.9 Å². The quantitative estimate of drug-likeness (QED) is 0.349. The van der Waals surface area contributed by atoms with Gasteiger partial charge in [0, 0.05) is 23.1 Å². The van der Waals surface area contributed by atoms with Crippen LogP contribution in [0.1, 0.15) is 18.1 Å². The van der Waals surface area contributed by atoms with E-state index in [1.807, 2.05) is 54.4 Å². The van der Waals surface area contributed by atoms with Gasteiger partial charge in [0.25, 0.3) is 0 Å². The third kappa shape index (κ3) is 5.72.